The van der Waals surface area contributed by atoms with E-state index in [9.17, 15) is 9.59 Å². The van der Waals surface area contributed by atoms with Crippen molar-refractivity contribution in [2.45, 2.75) is 6.54 Å². The highest BCUT2D eigenvalue weighted by atomic mass is 35.5. The van der Waals surface area contributed by atoms with Gasteiger partial charge in [-0.2, -0.15) is 0 Å². The van der Waals surface area contributed by atoms with Crippen LogP contribution in [0.1, 0.15) is 9.67 Å². The largest absolute Gasteiger partial charge is 0.419 e. The zero-order valence-corrected chi connectivity index (χ0v) is 19.0. The molecule has 4 aromatic rings. The quantitative estimate of drug-likeness (QED) is 0.401. The molecule has 0 radical (unpaired) electrons. The van der Waals surface area contributed by atoms with Crippen LogP contribution in [-0.2, 0) is 6.54 Å². The molecule has 156 valence electrons. The fraction of sp³-hybridized carbons (Fsp3) is 0.200. The number of fused-ring (bicyclic) bond motifs is 2. The Morgan fingerprint density at radius 1 is 1.20 bits per heavy atom. The van der Waals surface area contributed by atoms with Gasteiger partial charge in [-0.25, -0.2) is 4.79 Å². The third-order valence-electron chi connectivity index (χ3n) is 4.55. The molecule has 0 aliphatic heterocycles. The number of halogens is 3. The van der Waals surface area contributed by atoms with Crippen molar-refractivity contribution in [2.75, 3.05) is 26.0 Å². The van der Waals surface area contributed by atoms with Crippen molar-refractivity contribution in [2.24, 2.45) is 0 Å². The number of hydrogen-bond acceptors (Lipinski definition) is 5. The number of hydrogen-bond donors (Lipinski definition) is 1. The molecule has 10 heteroatoms. The van der Waals surface area contributed by atoms with E-state index < -0.39 is 5.76 Å². The summed E-state index contributed by atoms with van der Waals surface area (Å²) in [6.45, 7) is 1.14. The molecular weight excluding hydrogens is 469 g/mol. The second kappa shape index (κ2) is 8.24. The molecule has 4 rings (SSSR count). The first-order chi connectivity index (χ1) is 14.2. The number of aromatic nitrogens is 1. The molecule has 30 heavy (non-hydrogen) atoms. The van der Waals surface area contributed by atoms with Gasteiger partial charge in [0.25, 0.3) is 5.91 Å². The van der Waals surface area contributed by atoms with Crippen LogP contribution in [0.15, 0.2) is 39.5 Å². The number of nitrogens with one attached hydrogen (secondary N) is 1. The number of thiophene rings is 1. The fourth-order valence-corrected chi connectivity index (χ4v) is 5.37. The minimum atomic E-state index is -0.436. The molecule has 1 N–H and O–H groups in total. The molecule has 2 heterocycles. The molecule has 0 unspecified atom stereocenters. The molecule has 0 fully saturated rings. The van der Waals surface area contributed by atoms with E-state index >= 15 is 0 Å². The molecule has 6 nitrogen and oxygen atoms in total. The van der Waals surface area contributed by atoms with E-state index in [1.165, 1.54) is 11.3 Å². The van der Waals surface area contributed by atoms with Crippen molar-refractivity contribution in [3.63, 3.8) is 0 Å². The summed E-state index contributed by atoms with van der Waals surface area (Å²) >= 11 is 19.9. The van der Waals surface area contributed by atoms with E-state index in [4.69, 9.17) is 39.2 Å². The number of carbonyl (C=O) groups excluding carboxylic acids is 1. The molecule has 0 aliphatic carbocycles. The SMILES string of the molecule is CN(C)CCn1c(=O)oc2ccc(NC(=O)c3sc4cc(Cl)cc(Cl)c4c3Cl)cc21. The first-order valence-electron chi connectivity index (χ1n) is 8.91. The lowest BCUT2D eigenvalue weighted by molar-refractivity contribution is 0.103. The van der Waals surface area contributed by atoms with Gasteiger partial charge in [-0.1, -0.05) is 34.8 Å². The van der Waals surface area contributed by atoms with E-state index in [0.29, 0.717) is 50.2 Å². The van der Waals surface area contributed by atoms with Crippen LogP contribution < -0.4 is 11.1 Å². The van der Waals surface area contributed by atoms with Crippen molar-refractivity contribution in [1.29, 1.82) is 0 Å². The van der Waals surface area contributed by atoms with Gasteiger partial charge >= 0.3 is 5.76 Å². The van der Waals surface area contributed by atoms with Crippen molar-refractivity contribution < 1.29 is 9.21 Å². The summed E-state index contributed by atoms with van der Waals surface area (Å²) in [6.07, 6.45) is 0. The number of oxazole rings is 1. The molecule has 0 aliphatic rings. The highest BCUT2D eigenvalue weighted by Gasteiger charge is 2.20. The van der Waals surface area contributed by atoms with Gasteiger partial charge in [-0.05, 0) is 44.4 Å². The van der Waals surface area contributed by atoms with Crippen molar-refractivity contribution in [3.8, 4) is 0 Å². The van der Waals surface area contributed by atoms with Gasteiger partial charge in [0.15, 0.2) is 5.58 Å². The summed E-state index contributed by atoms with van der Waals surface area (Å²) in [5, 5.41) is 4.57. The molecule has 0 spiro atoms. The summed E-state index contributed by atoms with van der Waals surface area (Å²) in [5.41, 5.74) is 1.58. The smallest absolute Gasteiger partial charge is 0.408 e. The lowest BCUT2D eigenvalue weighted by Gasteiger charge is -2.10. The van der Waals surface area contributed by atoms with Crippen LogP contribution in [0.5, 0.6) is 0 Å². The Labute approximate surface area is 190 Å². The maximum absolute atomic E-state index is 12.9. The normalized spacial score (nSPS) is 11.7. The number of likely N-dealkylation sites (N-methyl/N-ethyl adjacent to an activating group) is 1. The van der Waals surface area contributed by atoms with Gasteiger partial charge in [-0.3, -0.25) is 9.36 Å². The molecule has 0 bridgehead atoms. The Bertz CT molecular complexity index is 1340. The zero-order chi connectivity index (χ0) is 21.6. The standard InChI is InChI=1S/C20H16Cl3N3O3S/c1-25(2)5-6-26-13-9-11(3-4-14(13)29-20(26)28)24-19(27)18-17(23)16-12(22)7-10(21)8-15(16)30-18/h3-4,7-9H,5-6H2,1-2H3,(H,24,27). The van der Waals surface area contributed by atoms with Gasteiger partial charge in [0, 0.05) is 33.9 Å². The van der Waals surface area contributed by atoms with Gasteiger partial charge in [0.05, 0.1) is 15.6 Å². The topological polar surface area (TPSA) is 67.5 Å². The summed E-state index contributed by atoms with van der Waals surface area (Å²) in [7, 11) is 3.85. The van der Waals surface area contributed by atoms with Gasteiger partial charge in [0.1, 0.15) is 4.88 Å². The lowest BCUT2D eigenvalue weighted by Crippen LogP contribution is -2.23. The first kappa shape index (κ1) is 21.2. The van der Waals surface area contributed by atoms with Crippen LogP contribution in [0.25, 0.3) is 21.2 Å². The number of amides is 1. The minimum Gasteiger partial charge on any atom is -0.408 e. The second-order valence-electron chi connectivity index (χ2n) is 6.97. The summed E-state index contributed by atoms with van der Waals surface area (Å²) in [6, 6.07) is 8.34. The van der Waals surface area contributed by atoms with Crippen molar-refractivity contribution >= 4 is 78.9 Å². The maximum atomic E-state index is 12.9. The number of carbonyl (C=O) groups is 1. The Morgan fingerprint density at radius 2 is 1.97 bits per heavy atom. The first-order valence-corrected chi connectivity index (χ1v) is 10.9. The second-order valence-corrected chi connectivity index (χ2v) is 9.24. The molecule has 0 saturated carbocycles. The molecule has 2 aromatic heterocycles. The molecular formula is C20H16Cl3N3O3S. The number of benzene rings is 2. The minimum absolute atomic E-state index is 0.279. The van der Waals surface area contributed by atoms with Crippen LogP contribution in [0.2, 0.25) is 15.1 Å². The van der Waals surface area contributed by atoms with Crippen LogP contribution in [0.4, 0.5) is 5.69 Å². The Kier molecular flexibility index (Phi) is 5.83. The van der Waals surface area contributed by atoms with Crippen LogP contribution in [0.3, 0.4) is 0 Å². The average molecular weight is 485 g/mol. The number of nitrogens with zero attached hydrogens (tertiary/aromatic N) is 2. The van der Waals surface area contributed by atoms with Gasteiger partial charge in [-0.15, -0.1) is 11.3 Å². The summed E-state index contributed by atoms with van der Waals surface area (Å²) in [4.78, 5) is 27.3. The van der Waals surface area contributed by atoms with Crippen molar-refractivity contribution in [3.05, 3.63) is 60.8 Å². The molecule has 1 amide bonds. The van der Waals surface area contributed by atoms with E-state index in [1.54, 1.807) is 34.9 Å². The predicted octanol–water partition coefficient (Wildman–Crippen LogP) is 5.58. The molecule has 0 saturated heterocycles. The maximum Gasteiger partial charge on any atom is 0.419 e. The Hall–Kier alpha value is -2.03. The van der Waals surface area contributed by atoms with E-state index in [0.717, 1.165) is 4.70 Å². The highest BCUT2D eigenvalue weighted by Crippen LogP contribution is 2.41. The predicted molar refractivity (Wildman–Crippen MR) is 124 cm³/mol. The van der Waals surface area contributed by atoms with E-state index in [-0.39, 0.29) is 10.9 Å². The fourth-order valence-electron chi connectivity index (χ4n) is 3.10. The van der Waals surface area contributed by atoms with Crippen LogP contribution in [0, 0.1) is 0 Å². The molecule has 0 atom stereocenters. The summed E-state index contributed by atoms with van der Waals surface area (Å²) in [5.74, 6) is -0.812. The highest BCUT2D eigenvalue weighted by molar-refractivity contribution is 7.21. The van der Waals surface area contributed by atoms with Gasteiger partial charge < -0.3 is 14.6 Å². The van der Waals surface area contributed by atoms with E-state index in [2.05, 4.69) is 5.32 Å². The third-order valence-corrected chi connectivity index (χ3v) is 6.69. The Morgan fingerprint density at radius 3 is 2.70 bits per heavy atom. The monoisotopic (exact) mass is 483 g/mol. The zero-order valence-electron chi connectivity index (χ0n) is 16.0. The van der Waals surface area contributed by atoms with Crippen LogP contribution in [-0.4, -0.2) is 36.0 Å². The van der Waals surface area contributed by atoms with Crippen molar-refractivity contribution in [1.82, 2.24) is 9.47 Å². The summed E-state index contributed by atoms with van der Waals surface area (Å²) < 4.78 is 7.56. The van der Waals surface area contributed by atoms with Crippen LogP contribution >= 0.6 is 46.1 Å². The lowest BCUT2D eigenvalue weighted by atomic mass is 10.2. The third kappa shape index (κ3) is 3.96. The molecule has 2 aromatic carbocycles. The van der Waals surface area contributed by atoms with Gasteiger partial charge in [0.2, 0.25) is 0 Å². The van der Waals surface area contributed by atoms with E-state index in [1.807, 2.05) is 19.0 Å². The Balaban J connectivity index is 1.67. The number of rotatable bonds is 5. The average Bonchev–Trinajstić information content (AvgIpc) is 3.16. The number of anilines is 1.